The van der Waals surface area contributed by atoms with Gasteiger partial charge in [0.05, 0.1) is 12.2 Å². The molecule has 37 heavy (non-hydrogen) atoms. The van der Waals surface area contributed by atoms with Crippen LogP contribution in [0.5, 0.6) is 0 Å². The summed E-state index contributed by atoms with van der Waals surface area (Å²) in [6.45, 7) is 2.19. The first-order chi connectivity index (χ1) is 18.3. The standard InChI is InChI=1S/C34H31NO2/c1-2-37-34(36)33-30(24-23-26-15-7-3-8-16-26)35(29-21-13-6-14-22-29)31(25-27-17-9-4-10-18-27)32(33)28-19-11-5-12-20-28/h3-22H,2,23-25H2,1H3. The van der Waals surface area contributed by atoms with E-state index in [4.69, 9.17) is 4.74 Å². The molecule has 0 saturated carbocycles. The number of carbonyl (C=O) groups excluding carboxylic acids is 1. The Kier molecular flexibility index (Phi) is 7.61. The number of hydrogen-bond acceptors (Lipinski definition) is 2. The Labute approximate surface area is 219 Å². The summed E-state index contributed by atoms with van der Waals surface area (Å²) in [5.74, 6) is -0.270. The molecule has 0 unspecified atom stereocenters. The fourth-order valence-corrected chi connectivity index (χ4v) is 5.00. The molecule has 1 heterocycles. The minimum Gasteiger partial charge on any atom is -0.462 e. The number of carbonyl (C=O) groups is 1. The van der Waals surface area contributed by atoms with E-state index in [2.05, 4.69) is 89.5 Å². The molecule has 0 radical (unpaired) electrons. The van der Waals surface area contributed by atoms with Gasteiger partial charge in [0, 0.05) is 29.1 Å². The van der Waals surface area contributed by atoms with Gasteiger partial charge < -0.3 is 9.30 Å². The van der Waals surface area contributed by atoms with Gasteiger partial charge in [-0.15, -0.1) is 0 Å². The first kappa shape index (κ1) is 24.3. The molecule has 5 aromatic rings. The largest absolute Gasteiger partial charge is 0.462 e. The Balaban J connectivity index is 1.79. The van der Waals surface area contributed by atoms with Crippen molar-refractivity contribution < 1.29 is 9.53 Å². The van der Waals surface area contributed by atoms with Crippen LogP contribution in [0.25, 0.3) is 16.8 Å². The van der Waals surface area contributed by atoms with Crippen LogP contribution >= 0.6 is 0 Å². The second kappa shape index (κ2) is 11.6. The van der Waals surface area contributed by atoms with Crippen LogP contribution in [0.4, 0.5) is 0 Å². The van der Waals surface area contributed by atoms with Gasteiger partial charge in [0.2, 0.25) is 0 Å². The van der Waals surface area contributed by atoms with Crippen LogP contribution < -0.4 is 0 Å². The van der Waals surface area contributed by atoms with Crippen molar-refractivity contribution in [3.05, 3.63) is 149 Å². The second-order valence-electron chi connectivity index (χ2n) is 9.05. The van der Waals surface area contributed by atoms with Gasteiger partial charge in [0.25, 0.3) is 0 Å². The van der Waals surface area contributed by atoms with Crippen LogP contribution in [0.1, 0.15) is 39.8 Å². The Hall–Kier alpha value is -4.37. The van der Waals surface area contributed by atoms with Gasteiger partial charge in [0.1, 0.15) is 0 Å². The summed E-state index contributed by atoms with van der Waals surface area (Å²) in [4.78, 5) is 13.7. The molecule has 0 N–H and O–H groups in total. The fourth-order valence-electron chi connectivity index (χ4n) is 5.00. The minimum absolute atomic E-state index is 0.270. The Bertz CT molecular complexity index is 1440. The van der Waals surface area contributed by atoms with Crippen molar-refractivity contribution in [3.8, 4) is 16.8 Å². The Morgan fingerprint density at radius 3 is 1.78 bits per heavy atom. The number of ether oxygens (including phenoxy) is 1. The average Bonchev–Trinajstić information content (AvgIpc) is 3.27. The van der Waals surface area contributed by atoms with E-state index in [0.717, 1.165) is 34.6 Å². The first-order valence-corrected chi connectivity index (χ1v) is 12.9. The molecule has 0 aliphatic heterocycles. The van der Waals surface area contributed by atoms with Crippen molar-refractivity contribution >= 4 is 5.97 Å². The molecule has 0 aliphatic rings. The molecule has 5 rings (SSSR count). The predicted molar refractivity (Wildman–Crippen MR) is 150 cm³/mol. The summed E-state index contributed by atoms with van der Waals surface area (Å²) < 4.78 is 7.98. The summed E-state index contributed by atoms with van der Waals surface area (Å²) in [6.07, 6.45) is 2.22. The lowest BCUT2D eigenvalue weighted by atomic mass is 9.96. The fraction of sp³-hybridized carbons (Fsp3) is 0.147. The molecule has 0 aliphatic carbocycles. The summed E-state index contributed by atoms with van der Waals surface area (Å²) in [5, 5.41) is 0. The molecule has 0 amide bonds. The molecule has 3 heteroatoms. The molecule has 0 fully saturated rings. The number of benzene rings is 4. The molecule has 3 nitrogen and oxygen atoms in total. The van der Waals surface area contributed by atoms with Gasteiger partial charge in [-0.25, -0.2) is 4.79 Å². The quantitative estimate of drug-likeness (QED) is 0.200. The van der Waals surface area contributed by atoms with Crippen molar-refractivity contribution in [2.45, 2.75) is 26.2 Å². The van der Waals surface area contributed by atoms with Crippen LogP contribution in [0.3, 0.4) is 0 Å². The lowest BCUT2D eigenvalue weighted by Crippen LogP contribution is -2.11. The first-order valence-electron chi connectivity index (χ1n) is 12.9. The lowest BCUT2D eigenvalue weighted by Gasteiger charge is -2.15. The van der Waals surface area contributed by atoms with E-state index in [0.29, 0.717) is 25.0 Å². The molecule has 0 atom stereocenters. The monoisotopic (exact) mass is 485 g/mol. The third-order valence-corrected chi connectivity index (χ3v) is 6.63. The topological polar surface area (TPSA) is 31.2 Å². The van der Waals surface area contributed by atoms with Gasteiger partial charge in [-0.3, -0.25) is 0 Å². The van der Waals surface area contributed by atoms with E-state index in [9.17, 15) is 4.79 Å². The van der Waals surface area contributed by atoms with E-state index >= 15 is 0 Å². The smallest absolute Gasteiger partial charge is 0.340 e. The van der Waals surface area contributed by atoms with Crippen LogP contribution in [0.2, 0.25) is 0 Å². The number of nitrogens with zero attached hydrogens (tertiary/aromatic N) is 1. The van der Waals surface area contributed by atoms with E-state index in [1.807, 2.05) is 43.3 Å². The maximum Gasteiger partial charge on any atom is 0.340 e. The minimum atomic E-state index is -0.270. The van der Waals surface area contributed by atoms with Gasteiger partial charge in [-0.1, -0.05) is 109 Å². The lowest BCUT2D eigenvalue weighted by molar-refractivity contribution is 0.0526. The summed E-state index contributed by atoms with van der Waals surface area (Å²) in [7, 11) is 0. The molecule has 184 valence electrons. The van der Waals surface area contributed by atoms with Gasteiger partial charge in [-0.05, 0) is 48.6 Å². The maximum atomic E-state index is 13.7. The molecule has 1 aromatic heterocycles. The average molecular weight is 486 g/mol. The van der Waals surface area contributed by atoms with Crippen LogP contribution in [-0.4, -0.2) is 17.1 Å². The highest BCUT2D eigenvalue weighted by molar-refractivity contribution is 6.00. The maximum absolute atomic E-state index is 13.7. The Morgan fingerprint density at radius 1 is 0.649 bits per heavy atom. The van der Waals surface area contributed by atoms with Crippen LogP contribution in [0, 0.1) is 0 Å². The van der Waals surface area contributed by atoms with Crippen molar-refractivity contribution in [1.82, 2.24) is 4.57 Å². The molecule has 0 bridgehead atoms. The third kappa shape index (κ3) is 5.41. The number of aromatic nitrogens is 1. The summed E-state index contributed by atoms with van der Waals surface area (Å²) in [6, 6.07) is 41.5. The summed E-state index contributed by atoms with van der Waals surface area (Å²) >= 11 is 0. The molecular formula is C34H31NO2. The highest BCUT2D eigenvalue weighted by Crippen LogP contribution is 2.38. The number of rotatable bonds is 9. The van der Waals surface area contributed by atoms with Gasteiger partial charge in [-0.2, -0.15) is 0 Å². The van der Waals surface area contributed by atoms with Crippen molar-refractivity contribution in [2.24, 2.45) is 0 Å². The van der Waals surface area contributed by atoms with Gasteiger partial charge in [0.15, 0.2) is 0 Å². The van der Waals surface area contributed by atoms with Crippen molar-refractivity contribution in [1.29, 1.82) is 0 Å². The second-order valence-corrected chi connectivity index (χ2v) is 9.05. The number of hydrogen-bond donors (Lipinski definition) is 0. The normalized spacial score (nSPS) is 10.8. The molecular weight excluding hydrogens is 454 g/mol. The predicted octanol–water partition coefficient (Wildman–Crippen LogP) is 7.70. The van der Waals surface area contributed by atoms with Crippen molar-refractivity contribution in [3.63, 3.8) is 0 Å². The highest BCUT2D eigenvalue weighted by Gasteiger charge is 2.29. The van der Waals surface area contributed by atoms with Gasteiger partial charge >= 0.3 is 5.97 Å². The molecule has 0 spiro atoms. The van der Waals surface area contributed by atoms with E-state index in [-0.39, 0.29) is 5.97 Å². The van der Waals surface area contributed by atoms with E-state index < -0.39 is 0 Å². The highest BCUT2D eigenvalue weighted by atomic mass is 16.5. The SMILES string of the molecule is CCOC(=O)c1c(-c2ccccc2)c(Cc2ccccc2)n(-c2ccccc2)c1CCc1ccccc1. The number of aryl methyl sites for hydroxylation is 1. The van der Waals surface area contributed by atoms with E-state index in [1.54, 1.807) is 0 Å². The van der Waals surface area contributed by atoms with Crippen LogP contribution in [0.15, 0.2) is 121 Å². The zero-order valence-corrected chi connectivity index (χ0v) is 21.1. The third-order valence-electron chi connectivity index (χ3n) is 6.63. The summed E-state index contributed by atoms with van der Waals surface area (Å²) in [5.41, 5.74) is 8.20. The number of esters is 1. The molecule has 0 saturated heterocycles. The van der Waals surface area contributed by atoms with E-state index in [1.165, 1.54) is 11.1 Å². The van der Waals surface area contributed by atoms with Crippen molar-refractivity contribution in [2.75, 3.05) is 6.61 Å². The molecule has 4 aromatic carbocycles. The number of para-hydroxylation sites is 1. The Morgan fingerprint density at radius 2 is 1.19 bits per heavy atom. The zero-order valence-electron chi connectivity index (χ0n) is 21.1. The van der Waals surface area contributed by atoms with Crippen LogP contribution in [-0.2, 0) is 24.0 Å². The zero-order chi connectivity index (χ0) is 25.5.